The van der Waals surface area contributed by atoms with Crippen molar-refractivity contribution in [3.05, 3.63) is 12.7 Å². The van der Waals surface area contributed by atoms with E-state index in [0.29, 0.717) is 6.61 Å². The lowest BCUT2D eigenvalue weighted by molar-refractivity contribution is -0.174. The Kier molecular flexibility index (Phi) is 7.30. The fourth-order valence-corrected chi connectivity index (χ4v) is 0.839. The van der Waals surface area contributed by atoms with Gasteiger partial charge in [-0.15, -0.1) is 0 Å². The van der Waals surface area contributed by atoms with Crippen molar-refractivity contribution in [1.29, 1.82) is 0 Å². The predicted molar refractivity (Wildman–Crippen MR) is 51.2 cm³/mol. The van der Waals surface area contributed by atoms with Crippen LogP contribution in [0.4, 0.5) is 0 Å². The zero-order valence-electron chi connectivity index (χ0n) is 8.41. The molecule has 0 saturated heterocycles. The zero-order chi connectivity index (χ0) is 10.1. The van der Waals surface area contributed by atoms with Crippen LogP contribution in [-0.4, -0.2) is 18.9 Å². The average Bonchev–Trinajstić information content (AvgIpc) is 2.14. The molecule has 0 aromatic carbocycles. The van der Waals surface area contributed by atoms with Crippen molar-refractivity contribution < 1.29 is 14.3 Å². The molecule has 0 bridgehead atoms. The maximum Gasteiger partial charge on any atom is 0.332 e. The van der Waals surface area contributed by atoms with E-state index in [1.807, 2.05) is 13.8 Å². The van der Waals surface area contributed by atoms with E-state index in [1.54, 1.807) is 0 Å². The summed E-state index contributed by atoms with van der Waals surface area (Å²) in [5.41, 5.74) is 0. The van der Waals surface area contributed by atoms with E-state index in [1.165, 1.54) is 0 Å². The SMILES string of the molecule is C=CC(=O)OC(CCC)OCCC. The summed E-state index contributed by atoms with van der Waals surface area (Å²) in [5, 5.41) is 0. The Morgan fingerprint density at radius 1 is 1.46 bits per heavy atom. The molecule has 0 aliphatic carbocycles. The van der Waals surface area contributed by atoms with Gasteiger partial charge in [0, 0.05) is 12.5 Å². The number of rotatable bonds is 7. The van der Waals surface area contributed by atoms with E-state index in [0.717, 1.165) is 25.3 Å². The molecule has 0 radical (unpaired) electrons. The average molecular weight is 186 g/mol. The van der Waals surface area contributed by atoms with Gasteiger partial charge in [0.15, 0.2) is 0 Å². The van der Waals surface area contributed by atoms with Crippen molar-refractivity contribution >= 4 is 5.97 Å². The molecule has 76 valence electrons. The van der Waals surface area contributed by atoms with Crippen molar-refractivity contribution in [2.45, 2.75) is 39.4 Å². The lowest BCUT2D eigenvalue weighted by atomic mass is 10.3. The number of carbonyl (C=O) groups is 1. The van der Waals surface area contributed by atoms with Gasteiger partial charge in [-0.1, -0.05) is 26.8 Å². The molecular formula is C10H18O3. The minimum atomic E-state index is -0.422. The van der Waals surface area contributed by atoms with Gasteiger partial charge in [-0.25, -0.2) is 4.79 Å². The van der Waals surface area contributed by atoms with Crippen LogP contribution in [0.5, 0.6) is 0 Å². The molecule has 0 aromatic rings. The first-order valence-electron chi connectivity index (χ1n) is 4.69. The molecule has 0 aromatic heterocycles. The molecule has 1 atom stereocenters. The van der Waals surface area contributed by atoms with Crippen LogP contribution in [0.3, 0.4) is 0 Å². The Bertz CT molecular complexity index is 154. The summed E-state index contributed by atoms with van der Waals surface area (Å²) in [5.74, 6) is -0.422. The van der Waals surface area contributed by atoms with Gasteiger partial charge in [-0.2, -0.15) is 0 Å². The summed E-state index contributed by atoms with van der Waals surface area (Å²) in [6.45, 7) is 7.97. The van der Waals surface area contributed by atoms with Crippen molar-refractivity contribution in [2.24, 2.45) is 0 Å². The molecule has 0 rings (SSSR count). The minimum Gasteiger partial charge on any atom is -0.433 e. The van der Waals surface area contributed by atoms with Gasteiger partial charge in [0.2, 0.25) is 6.29 Å². The maximum absolute atomic E-state index is 10.8. The van der Waals surface area contributed by atoms with E-state index in [2.05, 4.69) is 6.58 Å². The molecule has 1 unspecified atom stereocenters. The highest BCUT2D eigenvalue weighted by molar-refractivity contribution is 5.81. The molecular weight excluding hydrogens is 168 g/mol. The largest absolute Gasteiger partial charge is 0.433 e. The minimum absolute atomic E-state index is 0.407. The number of hydrogen-bond donors (Lipinski definition) is 0. The third-order valence-electron chi connectivity index (χ3n) is 1.45. The van der Waals surface area contributed by atoms with Crippen molar-refractivity contribution in [3.8, 4) is 0 Å². The van der Waals surface area contributed by atoms with Crippen molar-refractivity contribution in [1.82, 2.24) is 0 Å². The highest BCUT2D eigenvalue weighted by Crippen LogP contribution is 2.05. The third kappa shape index (κ3) is 6.34. The Morgan fingerprint density at radius 3 is 2.62 bits per heavy atom. The Balaban J connectivity index is 3.78. The van der Waals surface area contributed by atoms with Crippen LogP contribution >= 0.6 is 0 Å². The van der Waals surface area contributed by atoms with E-state index in [9.17, 15) is 4.79 Å². The fraction of sp³-hybridized carbons (Fsp3) is 0.700. The first-order chi connectivity index (χ1) is 6.24. The summed E-state index contributed by atoms with van der Waals surface area (Å²) in [7, 11) is 0. The Labute approximate surface area is 79.7 Å². The van der Waals surface area contributed by atoms with Gasteiger partial charge in [0.25, 0.3) is 0 Å². The zero-order valence-corrected chi connectivity index (χ0v) is 8.41. The lowest BCUT2D eigenvalue weighted by Crippen LogP contribution is -2.20. The molecule has 3 heteroatoms. The van der Waals surface area contributed by atoms with E-state index < -0.39 is 12.3 Å². The monoisotopic (exact) mass is 186 g/mol. The summed E-state index contributed by atoms with van der Waals surface area (Å²) < 4.78 is 10.3. The molecule has 13 heavy (non-hydrogen) atoms. The van der Waals surface area contributed by atoms with Gasteiger partial charge in [0.05, 0.1) is 6.61 Å². The van der Waals surface area contributed by atoms with Crippen molar-refractivity contribution in [3.63, 3.8) is 0 Å². The molecule has 0 aliphatic rings. The van der Waals surface area contributed by atoms with Crippen LogP contribution in [0.15, 0.2) is 12.7 Å². The van der Waals surface area contributed by atoms with Gasteiger partial charge in [-0.05, 0) is 6.42 Å². The Hall–Kier alpha value is -0.830. The standard InChI is InChI=1S/C10H18O3/c1-4-7-10(12-8-5-2)13-9(11)6-3/h6,10H,3-5,7-8H2,1-2H3. The second kappa shape index (κ2) is 7.80. The normalized spacial score (nSPS) is 12.2. The molecule has 0 heterocycles. The highest BCUT2D eigenvalue weighted by Gasteiger charge is 2.10. The topological polar surface area (TPSA) is 35.5 Å². The molecule has 0 amide bonds. The van der Waals surface area contributed by atoms with E-state index in [4.69, 9.17) is 9.47 Å². The van der Waals surface area contributed by atoms with Crippen molar-refractivity contribution in [2.75, 3.05) is 6.61 Å². The van der Waals surface area contributed by atoms with Crippen LogP contribution in [0.2, 0.25) is 0 Å². The number of ether oxygens (including phenoxy) is 2. The summed E-state index contributed by atoms with van der Waals surface area (Å²) in [4.78, 5) is 10.8. The van der Waals surface area contributed by atoms with Gasteiger partial charge < -0.3 is 9.47 Å². The number of hydrogen-bond acceptors (Lipinski definition) is 3. The first kappa shape index (κ1) is 12.2. The van der Waals surface area contributed by atoms with Crippen LogP contribution in [0, 0.1) is 0 Å². The van der Waals surface area contributed by atoms with Crippen LogP contribution < -0.4 is 0 Å². The van der Waals surface area contributed by atoms with E-state index in [-0.39, 0.29) is 0 Å². The summed E-state index contributed by atoms with van der Waals surface area (Å²) in [6, 6.07) is 0. The number of carbonyl (C=O) groups excluding carboxylic acids is 1. The lowest BCUT2D eigenvalue weighted by Gasteiger charge is -2.16. The number of esters is 1. The third-order valence-corrected chi connectivity index (χ3v) is 1.45. The van der Waals surface area contributed by atoms with Gasteiger partial charge >= 0.3 is 5.97 Å². The molecule has 0 fully saturated rings. The fourth-order valence-electron chi connectivity index (χ4n) is 0.839. The second-order valence-corrected chi connectivity index (χ2v) is 2.73. The van der Waals surface area contributed by atoms with E-state index >= 15 is 0 Å². The summed E-state index contributed by atoms with van der Waals surface area (Å²) in [6.07, 6.45) is 3.33. The molecule has 0 saturated carbocycles. The molecule has 0 N–H and O–H groups in total. The van der Waals surface area contributed by atoms with Gasteiger partial charge in [0.1, 0.15) is 0 Å². The van der Waals surface area contributed by atoms with Gasteiger partial charge in [-0.3, -0.25) is 0 Å². The maximum atomic E-state index is 10.8. The predicted octanol–water partition coefficient (Wildman–Crippen LogP) is 2.27. The second-order valence-electron chi connectivity index (χ2n) is 2.73. The molecule has 0 spiro atoms. The highest BCUT2D eigenvalue weighted by atomic mass is 16.7. The Morgan fingerprint density at radius 2 is 2.15 bits per heavy atom. The van der Waals surface area contributed by atoms with Crippen LogP contribution in [-0.2, 0) is 14.3 Å². The molecule has 3 nitrogen and oxygen atoms in total. The van der Waals surface area contributed by atoms with Crippen LogP contribution in [0.25, 0.3) is 0 Å². The first-order valence-corrected chi connectivity index (χ1v) is 4.69. The smallest absolute Gasteiger partial charge is 0.332 e. The quantitative estimate of drug-likeness (QED) is 0.347. The van der Waals surface area contributed by atoms with Crippen LogP contribution in [0.1, 0.15) is 33.1 Å². The molecule has 0 aliphatic heterocycles. The summed E-state index contributed by atoms with van der Waals surface area (Å²) >= 11 is 0.